The van der Waals surface area contributed by atoms with Gasteiger partial charge in [-0.3, -0.25) is 4.79 Å². The quantitative estimate of drug-likeness (QED) is 0.832. The minimum absolute atomic E-state index is 0. The van der Waals surface area contributed by atoms with Crippen molar-refractivity contribution in [2.24, 2.45) is 5.92 Å². The van der Waals surface area contributed by atoms with Crippen molar-refractivity contribution in [2.45, 2.75) is 63.5 Å². The fraction of sp³-hybridized carbons (Fsp3) is 0.632. The third kappa shape index (κ3) is 4.95. The summed E-state index contributed by atoms with van der Waals surface area (Å²) in [6.07, 6.45) is 6.73. The molecule has 2 heterocycles. The van der Waals surface area contributed by atoms with E-state index in [1.165, 1.54) is 31.2 Å². The number of amides is 1. The van der Waals surface area contributed by atoms with Gasteiger partial charge in [0.25, 0.3) is 0 Å². The molecule has 1 aromatic carbocycles. The predicted octanol–water partition coefficient (Wildman–Crippen LogP) is 3.64. The van der Waals surface area contributed by atoms with Gasteiger partial charge in [0.1, 0.15) is 0 Å². The Morgan fingerprint density at radius 1 is 1.22 bits per heavy atom. The van der Waals surface area contributed by atoms with Crippen LogP contribution in [0.1, 0.15) is 56.9 Å². The van der Waals surface area contributed by atoms with Gasteiger partial charge < -0.3 is 10.6 Å². The van der Waals surface area contributed by atoms with Gasteiger partial charge in [-0.2, -0.15) is 0 Å². The van der Waals surface area contributed by atoms with Crippen LogP contribution in [-0.4, -0.2) is 24.5 Å². The molecule has 23 heavy (non-hydrogen) atoms. The molecule has 3 atom stereocenters. The van der Waals surface area contributed by atoms with Gasteiger partial charge >= 0.3 is 0 Å². The molecule has 3 unspecified atom stereocenters. The SMILES string of the molecule is CCC(CNC(=O)CC1CC2CCC(C1)N2)c1ccccc1.Cl. The van der Waals surface area contributed by atoms with Crippen LogP contribution in [0.5, 0.6) is 0 Å². The van der Waals surface area contributed by atoms with Crippen LogP contribution >= 0.6 is 12.4 Å². The summed E-state index contributed by atoms with van der Waals surface area (Å²) in [7, 11) is 0. The maximum Gasteiger partial charge on any atom is 0.220 e. The third-order valence-corrected chi connectivity index (χ3v) is 5.35. The summed E-state index contributed by atoms with van der Waals surface area (Å²) >= 11 is 0. The van der Waals surface area contributed by atoms with Crippen molar-refractivity contribution in [1.29, 1.82) is 0 Å². The lowest BCUT2D eigenvalue weighted by Crippen LogP contribution is -2.40. The molecule has 0 aromatic heterocycles. The van der Waals surface area contributed by atoms with Gasteiger partial charge in [0, 0.05) is 31.0 Å². The van der Waals surface area contributed by atoms with Crippen LogP contribution in [0.15, 0.2) is 30.3 Å². The number of hydrogen-bond acceptors (Lipinski definition) is 2. The van der Waals surface area contributed by atoms with Crippen molar-refractivity contribution in [3.8, 4) is 0 Å². The Bertz CT molecular complexity index is 481. The minimum atomic E-state index is 0. The number of fused-ring (bicyclic) bond motifs is 2. The molecule has 3 nitrogen and oxygen atoms in total. The molecular weight excluding hydrogens is 308 g/mol. The summed E-state index contributed by atoms with van der Waals surface area (Å²) in [6.45, 7) is 2.95. The second kappa shape index (κ2) is 8.70. The standard InChI is InChI=1S/C19H28N2O.ClH/c1-2-15(16-6-4-3-5-7-16)13-20-19(22)12-14-10-17-8-9-18(11-14)21-17;/h3-7,14-15,17-18,21H,2,8-13H2,1H3,(H,20,22);1H. The average molecular weight is 337 g/mol. The first-order chi connectivity index (χ1) is 10.7. The summed E-state index contributed by atoms with van der Waals surface area (Å²) in [5.41, 5.74) is 1.32. The minimum Gasteiger partial charge on any atom is -0.355 e. The Balaban J connectivity index is 0.00000192. The van der Waals surface area contributed by atoms with Crippen molar-refractivity contribution >= 4 is 18.3 Å². The Labute approximate surface area is 146 Å². The first-order valence-electron chi connectivity index (χ1n) is 8.82. The lowest BCUT2D eigenvalue weighted by molar-refractivity contribution is -0.122. The molecule has 4 heteroatoms. The Kier molecular flexibility index (Phi) is 6.91. The topological polar surface area (TPSA) is 41.1 Å². The van der Waals surface area contributed by atoms with Gasteiger partial charge in [-0.25, -0.2) is 0 Å². The molecule has 2 bridgehead atoms. The summed E-state index contributed by atoms with van der Waals surface area (Å²) < 4.78 is 0. The maximum atomic E-state index is 12.3. The molecule has 1 aromatic rings. The smallest absolute Gasteiger partial charge is 0.220 e. The number of hydrogen-bond donors (Lipinski definition) is 2. The summed E-state index contributed by atoms with van der Waals surface area (Å²) in [5.74, 6) is 1.24. The number of carbonyl (C=O) groups is 1. The Morgan fingerprint density at radius 2 is 1.87 bits per heavy atom. The lowest BCUT2D eigenvalue weighted by atomic mass is 9.89. The second-order valence-corrected chi connectivity index (χ2v) is 7.00. The highest BCUT2D eigenvalue weighted by Crippen LogP contribution is 2.32. The summed E-state index contributed by atoms with van der Waals surface area (Å²) in [5, 5.41) is 6.81. The number of halogens is 1. The highest BCUT2D eigenvalue weighted by molar-refractivity contribution is 5.85. The molecule has 2 fully saturated rings. The van der Waals surface area contributed by atoms with Crippen LogP contribution in [0.3, 0.4) is 0 Å². The van der Waals surface area contributed by atoms with Crippen molar-refractivity contribution in [3.05, 3.63) is 35.9 Å². The molecule has 2 aliphatic rings. The largest absolute Gasteiger partial charge is 0.355 e. The van der Waals surface area contributed by atoms with Crippen LogP contribution in [0.25, 0.3) is 0 Å². The Hall–Kier alpha value is -1.06. The number of rotatable bonds is 6. The van der Waals surface area contributed by atoms with E-state index in [9.17, 15) is 4.79 Å². The van der Waals surface area contributed by atoms with E-state index in [4.69, 9.17) is 0 Å². The van der Waals surface area contributed by atoms with Crippen molar-refractivity contribution in [1.82, 2.24) is 10.6 Å². The zero-order valence-corrected chi connectivity index (χ0v) is 14.8. The molecule has 2 saturated heterocycles. The van der Waals surface area contributed by atoms with Crippen molar-refractivity contribution in [2.75, 3.05) is 6.54 Å². The Morgan fingerprint density at radius 3 is 2.48 bits per heavy atom. The fourth-order valence-corrected chi connectivity index (χ4v) is 4.14. The molecular formula is C19H29ClN2O. The molecule has 2 aliphatic heterocycles. The summed E-state index contributed by atoms with van der Waals surface area (Å²) in [6, 6.07) is 11.8. The molecule has 0 saturated carbocycles. The third-order valence-electron chi connectivity index (χ3n) is 5.35. The predicted molar refractivity (Wildman–Crippen MR) is 97.0 cm³/mol. The lowest BCUT2D eigenvalue weighted by Gasteiger charge is -2.28. The normalized spacial score (nSPS) is 27.1. The van der Waals surface area contributed by atoms with Crippen molar-refractivity contribution < 1.29 is 4.79 Å². The van der Waals surface area contributed by atoms with Gasteiger partial charge in [-0.15, -0.1) is 12.4 Å². The van der Waals surface area contributed by atoms with E-state index in [0.717, 1.165) is 13.0 Å². The highest BCUT2D eigenvalue weighted by atomic mass is 35.5. The summed E-state index contributed by atoms with van der Waals surface area (Å²) in [4.78, 5) is 12.3. The van der Waals surface area contributed by atoms with Gasteiger partial charge in [-0.1, -0.05) is 37.3 Å². The molecule has 0 aliphatic carbocycles. The van der Waals surface area contributed by atoms with E-state index < -0.39 is 0 Å². The van der Waals surface area contributed by atoms with E-state index in [0.29, 0.717) is 30.3 Å². The highest BCUT2D eigenvalue weighted by Gasteiger charge is 2.34. The van der Waals surface area contributed by atoms with Crippen LogP contribution in [0.4, 0.5) is 0 Å². The van der Waals surface area contributed by atoms with Crippen LogP contribution < -0.4 is 10.6 Å². The maximum absolute atomic E-state index is 12.3. The fourth-order valence-electron chi connectivity index (χ4n) is 4.14. The zero-order valence-electron chi connectivity index (χ0n) is 14.0. The van der Waals surface area contributed by atoms with E-state index in [1.54, 1.807) is 0 Å². The second-order valence-electron chi connectivity index (χ2n) is 7.00. The average Bonchev–Trinajstić information content (AvgIpc) is 2.88. The first kappa shape index (κ1) is 18.3. The molecule has 0 spiro atoms. The number of benzene rings is 1. The molecule has 3 rings (SSSR count). The number of carbonyl (C=O) groups excluding carboxylic acids is 1. The van der Waals surface area contributed by atoms with E-state index in [-0.39, 0.29) is 18.3 Å². The monoisotopic (exact) mass is 336 g/mol. The van der Waals surface area contributed by atoms with Gasteiger partial charge in [0.05, 0.1) is 0 Å². The number of piperidine rings is 1. The van der Waals surface area contributed by atoms with Gasteiger partial charge in [0.2, 0.25) is 5.91 Å². The first-order valence-corrected chi connectivity index (χ1v) is 8.82. The molecule has 128 valence electrons. The molecule has 2 N–H and O–H groups in total. The van der Waals surface area contributed by atoms with E-state index in [2.05, 4.69) is 41.8 Å². The molecule has 1 amide bonds. The van der Waals surface area contributed by atoms with E-state index in [1.807, 2.05) is 6.07 Å². The van der Waals surface area contributed by atoms with Crippen LogP contribution in [0, 0.1) is 5.92 Å². The zero-order chi connectivity index (χ0) is 15.4. The van der Waals surface area contributed by atoms with Gasteiger partial charge in [0.15, 0.2) is 0 Å². The van der Waals surface area contributed by atoms with Crippen LogP contribution in [-0.2, 0) is 4.79 Å². The number of nitrogens with one attached hydrogen (secondary N) is 2. The molecule has 0 radical (unpaired) electrons. The van der Waals surface area contributed by atoms with Crippen molar-refractivity contribution in [3.63, 3.8) is 0 Å². The van der Waals surface area contributed by atoms with Crippen LogP contribution in [0.2, 0.25) is 0 Å². The van der Waals surface area contributed by atoms with Gasteiger partial charge in [-0.05, 0) is 43.6 Å². The van der Waals surface area contributed by atoms with E-state index >= 15 is 0 Å².